The molecule has 0 saturated carbocycles. The van der Waals surface area contributed by atoms with Crippen LogP contribution in [-0.2, 0) is 9.49 Å². The Kier molecular flexibility index (Phi) is 4.04. The molecule has 0 aromatic heterocycles. The van der Waals surface area contributed by atoms with Crippen molar-refractivity contribution < 1.29 is 0 Å². The molecule has 0 radical (unpaired) electrons. The van der Waals surface area contributed by atoms with Gasteiger partial charge in [0.05, 0.1) is 9.49 Å². The molecule has 0 fully saturated rings. The fourth-order valence-corrected chi connectivity index (χ4v) is 13.6. The SMILES string of the molecule is c1ccc(C2=C3SSC4=C(c5ccccc5)SC56C4=C3C(S2)(c2ccccc25)c2ccccc26)cc1. The lowest BCUT2D eigenvalue weighted by molar-refractivity contribution is 0.691. The standard InChI is InChI=1S/C32H18S4/c1-3-11-19(12-4-1)27-29-25-26-30(36-35-29)28(20-13-5-2-6-14-20)34-32(26)23-17-9-7-15-21(23)31(25,33-27)22-16-8-10-18-24(22)32/h1-18H. The number of allylic oxidation sites excluding steroid dienone is 2. The van der Waals surface area contributed by atoms with Crippen LogP contribution in [0.1, 0.15) is 33.4 Å². The lowest BCUT2D eigenvalue weighted by Crippen LogP contribution is -2.46. The molecule has 2 bridgehead atoms. The van der Waals surface area contributed by atoms with Crippen molar-refractivity contribution in [2.75, 3.05) is 0 Å². The van der Waals surface area contributed by atoms with E-state index in [0.717, 1.165) is 0 Å². The third-order valence-electron chi connectivity index (χ3n) is 7.98. The summed E-state index contributed by atoms with van der Waals surface area (Å²) in [7, 11) is 3.96. The first-order valence-electron chi connectivity index (χ1n) is 12.1. The van der Waals surface area contributed by atoms with Crippen molar-refractivity contribution in [3.8, 4) is 0 Å². The van der Waals surface area contributed by atoms with Gasteiger partial charge in [-0.2, -0.15) is 0 Å². The van der Waals surface area contributed by atoms with Gasteiger partial charge in [0, 0.05) is 19.6 Å². The maximum Gasteiger partial charge on any atom is 0.0976 e. The van der Waals surface area contributed by atoms with E-state index in [1.54, 1.807) is 11.1 Å². The number of thioether (sulfide) groups is 2. The van der Waals surface area contributed by atoms with E-state index in [9.17, 15) is 0 Å². The monoisotopic (exact) mass is 530 g/mol. The van der Waals surface area contributed by atoms with Gasteiger partial charge in [-0.3, -0.25) is 0 Å². The molecule has 170 valence electrons. The minimum atomic E-state index is -0.198. The highest BCUT2D eigenvalue weighted by Crippen LogP contribution is 2.83. The maximum atomic E-state index is 2.41. The Morgan fingerprint density at radius 1 is 0.361 bits per heavy atom. The zero-order chi connectivity index (χ0) is 23.5. The zero-order valence-electron chi connectivity index (χ0n) is 19.0. The molecule has 4 heteroatoms. The molecular formula is C32H18S4. The van der Waals surface area contributed by atoms with E-state index in [-0.39, 0.29) is 9.49 Å². The minimum absolute atomic E-state index is 0.198. The molecule has 3 aliphatic carbocycles. The summed E-state index contributed by atoms with van der Waals surface area (Å²) in [5.74, 6) is 0. The number of hydrogen-bond donors (Lipinski definition) is 0. The fourth-order valence-electron chi connectivity index (χ4n) is 6.67. The highest BCUT2D eigenvalue weighted by Gasteiger charge is 2.67. The summed E-state index contributed by atoms with van der Waals surface area (Å²) >= 11 is 4.15. The van der Waals surface area contributed by atoms with Crippen molar-refractivity contribution >= 4 is 54.9 Å². The Hall–Kier alpha value is -2.50. The summed E-state index contributed by atoms with van der Waals surface area (Å²) in [5, 5.41) is 0. The topological polar surface area (TPSA) is 0 Å². The van der Waals surface area contributed by atoms with Crippen LogP contribution in [0.2, 0.25) is 0 Å². The second kappa shape index (κ2) is 7.08. The molecule has 0 unspecified atom stereocenters. The van der Waals surface area contributed by atoms with Gasteiger partial charge in [0.25, 0.3) is 0 Å². The van der Waals surface area contributed by atoms with Crippen LogP contribution in [0.15, 0.2) is 130 Å². The van der Waals surface area contributed by atoms with Crippen LogP contribution in [0, 0.1) is 0 Å². The highest BCUT2D eigenvalue weighted by atomic mass is 33.1. The van der Waals surface area contributed by atoms with Crippen LogP contribution >= 0.6 is 45.1 Å². The normalized spacial score (nSPS) is 26.3. The van der Waals surface area contributed by atoms with Crippen molar-refractivity contribution in [3.05, 3.63) is 164 Å². The van der Waals surface area contributed by atoms with Gasteiger partial charge < -0.3 is 0 Å². The first kappa shape index (κ1) is 20.5. The first-order chi connectivity index (χ1) is 17.8. The Morgan fingerprint density at radius 3 is 1.06 bits per heavy atom. The maximum absolute atomic E-state index is 2.41. The van der Waals surface area contributed by atoms with E-state index in [1.807, 2.05) is 21.6 Å². The lowest BCUT2D eigenvalue weighted by Gasteiger charge is -2.54. The molecule has 0 N–H and O–H groups in total. The molecule has 0 nitrogen and oxygen atoms in total. The Balaban J connectivity index is 1.47. The van der Waals surface area contributed by atoms with Crippen LogP contribution in [-0.4, -0.2) is 0 Å². The van der Waals surface area contributed by atoms with Gasteiger partial charge >= 0.3 is 0 Å². The van der Waals surface area contributed by atoms with Gasteiger partial charge in [-0.25, -0.2) is 0 Å². The zero-order valence-corrected chi connectivity index (χ0v) is 22.3. The molecular weight excluding hydrogens is 513 g/mol. The molecule has 2 spiro atoms. The average Bonchev–Trinajstić information content (AvgIpc) is 3.49. The molecule has 10 rings (SSSR count). The molecule has 36 heavy (non-hydrogen) atoms. The van der Waals surface area contributed by atoms with Crippen molar-refractivity contribution in [2.45, 2.75) is 9.49 Å². The number of benzene rings is 4. The second-order valence-electron chi connectivity index (χ2n) is 9.62. The van der Waals surface area contributed by atoms with Crippen LogP contribution in [0.4, 0.5) is 0 Å². The van der Waals surface area contributed by atoms with E-state index in [0.29, 0.717) is 0 Å². The minimum Gasteiger partial charge on any atom is -0.103 e. The smallest absolute Gasteiger partial charge is 0.0976 e. The van der Waals surface area contributed by atoms with Crippen LogP contribution in [0.25, 0.3) is 9.81 Å². The third kappa shape index (κ3) is 2.24. The average molecular weight is 531 g/mol. The Morgan fingerprint density at radius 2 is 0.694 bits per heavy atom. The van der Waals surface area contributed by atoms with Gasteiger partial charge in [-0.05, 0) is 44.5 Å². The first-order valence-corrected chi connectivity index (χ1v) is 15.9. The number of hydrogen-bond acceptors (Lipinski definition) is 4. The van der Waals surface area contributed by atoms with E-state index < -0.39 is 0 Å². The molecule has 3 aliphatic heterocycles. The van der Waals surface area contributed by atoms with Crippen LogP contribution < -0.4 is 0 Å². The predicted molar refractivity (Wildman–Crippen MR) is 159 cm³/mol. The third-order valence-corrected chi connectivity index (χ3v) is 13.9. The molecule has 0 amide bonds. The summed E-state index contributed by atoms with van der Waals surface area (Å²) < 4.78 is -0.395. The summed E-state index contributed by atoms with van der Waals surface area (Å²) in [6.45, 7) is 0. The van der Waals surface area contributed by atoms with E-state index in [2.05, 4.69) is 133 Å². The van der Waals surface area contributed by atoms with Crippen molar-refractivity contribution in [2.24, 2.45) is 0 Å². The molecule has 4 aromatic rings. The Labute approximate surface area is 226 Å². The summed E-state index contributed by atoms with van der Waals surface area (Å²) in [6, 6.07) is 40.6. The van der Waals surface area contributed by atoms with Crippen LogP contribution in [0.5, 0.6) is 0 Å². The molecule has 0 saturated heterocycles. The lowest BCUT2D eigenvalue weighted by atomic mass is 9.59. The van der Waals surface area contributed by atoms with E-state index >= 15 is 0 Å². The van der Waals surface area contributed by atoms with Crippen LogP contribution in [0.3, 0.4) is 0 Å². The second-order valence-corrected chi connectivity index (χ2v) is 14.2. The van der Waals surface area contributed by atoms with E-state index in [1.165, 1.54) is 53.0 Å². The van der Waals surface area contributed by atoms with Crippen molar-refractivity contribution in [3.63, 3.8) is 0 Å². The van der Waals surface area contributed by atoms with Gasteiger partial charge in [0.15, 0.2) is 0 Å². The predicted octanol–water partition coefficient (Wildman–Crippen LogP) is 9.42. The molecule has 4 aromatic carbocycles. The summed E-state index contributed by atoms with van der Waals surface area (Å²) in [4.78, 5) is 5.79. The number of rotatable bonds is 2. The Bertz CT molecular complexity index is 1550. The summed E-state index contributed by atoms with van der Waals surface area (Å²) in [6.07, 6.45) is 0. The highest BCUT2D eigenvalue weighted by molar-refractivity contribution is 8.80. The van der Waals surface area contributed by atoms with Crippen molar-refractivity contribution in [1.29, 1.82) is 0 Å². The van der Waals surface area contributed by atoms with Crippen molar-refractivity contribution in [1.82, 2.24) is 0 Å². The quantitative estimate of drug-likeness (QED) is 0.237. The van der Waals surface area contributed by atoms with E-state index in [4.69, 9.17) is 0 Å². The summed E-state index contributed by atoms with van der Waals surface area (Å²) in [5.41, 5.74) is 11.7. The molecule has 0 atom stereocenters. The fraction of sp³-hybridized carbons (Fsp3) is 0.0625. The largest absolute Gasteiger partial charge is 0.103 e. The van der Waals surface area contributed by atoms with Gasteiger partial charge in [0.2, 0.25) is 0 Å². The van der Waals surface area contributed by atoms with Gasteiger partial charge in [-0.1, -0.05) is 131 Å². The molecule has 3 heterocycles. The molecule has 6 aliphatic rings. The van der Waals surface area contributed by atoms with Gasteiger partial charge in [-0.15, -0.1) is 23.5 Å². The van der Waals surface area contributed by atoms with Gasteiger partial charge in [0.1, 0.15) is 0 Å².